The van der Waals surface area contributed by atoms with Crippen molar-refractivity contribution in [3.05, 3.63) is 94.5 Å². The summed E-state index contributed by atoms with van der Waals surface area (Å²) in [5, 5.41) is 2.70. The van der Waals surface area contributed by atoms with Crippen LogP contribution in [0.1, 0.15) is 117 Å². The topological polar surface area (TPSA) is 12.4 Å². The molecule has 0 aliphatic heterocycles. The zero-order valence-electron chi connectivity index (χ0n) is 25.8. The number of aliphatic imine (C=N–C) groups is 1. The highest BCUT2D eigenvalue weighted by atomic mass is 31.1. The average molecular weight is 526 g/mol. The molecule has 0 aliphatic carbocycles. The standard InChI is InChI=1S/C36H48NP/c1-24(2)28-20-16-17-21-31(28)37-32(26-18-14-13-15-19-26)25(3)38-33-29(35(7,8)9)22-27(34(4,5)6)23-30(33)36(10,11)12/h13-24H,1-12H3. The summed E-state index contributed by atoms with van der Waals surface area (Å²) in [5.74, 6) is 0.412. The van der Waals surface area contributed by atoms with E-state index < -0.39 is 0 Å². The van der Waals surface area contributed by atoms with Gasteiger partial charge in [0.25, 0.3) is 0 Å². The molecule has 0 aromatic heterocycles. The number of rotatable bonds is 5. The van der Waals surface area contributed by atoms with Gasteiger partial charge < -0.3 is 0 Å². The maximum absolute atomic E-state index is 5.36. The molecule has 0 heterocycles. The lowest BCUT2D eigenvalue weighted by Crippen LogP contribution is -2.30. The second-order valence-electron chi connectivity index (χ2n) is 13.9. The molecule has 0 saturated carbocycles. The van der Waals surface area contributed by atoms with Crippen molar-refractivity contribution in [2.75, 3.05) is 0 Å². The fourth-order valence-electron chi connectivity index (χ4n) is 4.70. The number of nitrogens with zero attached hydrogens (tertiary/aromatic N) is 1. The van der Waals surface area contributed by atoms with Gasteiger partial charge in [-0.25, -0.2) is 4.99 Å². The van der Waals surface area contributed by atoms with E-state index in [1.165, 1.54) is 41.1 Å². The molecule has 0 spiro atoms. The summed E-state index contributed by atoms with van der Waals surface area (Å²) in [6.07, 6.45) is 0. The lowest BCUT2D eigenvalue weighted by atomic mass is 9.75. The number of hydrogen-bond acceptors (Lipinski definition) is 1. The minimum Gasteiger partial charge on any atom is -0.247 e. The minimum absolute atomic E-state index is 0.0260. The highest BCUT2D eigenvalue weighted by Crippen LogP contribution is 2.36. The van der Waals surface area contributed by atoms with Crippen LogP contribution in [0.2, 0.25) is 0 Å². The Kier molecular flexibility index (Phi) is 8.95. The molecule has 38 heavy (non-hydrogen) atoms. The zero-order valence-corrected chi connectivity index (χ0v) is 26.7. The van der Waals surface area contributed by atoms with Gasteiger partial charge in [0.2, 0.25) is 0 Å². The first-order valence-corrected chi connectivity index (χ1v) is 14.9. The maximum atomic E-state index is 5.36. The summed E-state index contributed by atoms with van der Waals surface area (Å²) in [4.78, 5) is 5.36. The Morgan fingerprint density at radius 1 is 0.684 bits per heavy atom. The van der Waals surface area contributed by atoms with E-state index in [9.17, 15) is 0 Å². The van der Waals surface area contributed by atoms with Crippen molar-refractivity contribution in [1.82, 2.24) is 0 Å². The highest BCUT2D eigenvalue weighted by Gasteiger charge is 2.29. The number of hydrogen-bond donors (Lipinski definition) is 0. The minimum atomic E-state index is 0.0260. The van der Waals surface area contributed by atoms with Gasteiger partial charge in [-0.3, -0.25) is 0 Å². The summed E-state index contributed by atoms with van der Waals surface area (Å²) in [6.45, 7) is 27.8. The second-order valence-corrected chi connectivity index (χ2v) is 15.2. The summed E-state index contributed by atoms with van der Waals surface area (Å²) in [7, 11) is 1.21. The van der Waals surface area contributed by atoms with E-state index in [2.05, 4.69) is 150 Å². The van der Waals surface area contributed by atoms with E-state index >= 15 is 0 Å². The first-order chi connectivity index (χ1) is 17.5. The van der Waals surface area contributed by atoms with Crippen molar-refractivity contribution in [3.8, 4) is 0 Å². The predicted octanol–water partition coefficient (Wildman–Crippen LogP) is 10.3. The molecule has 202 valence electrons. The predicted molar refractivity (Wildman–Crippen MR) is 173 cm³/mol. The molecule has 0 bridgehead atoms. The van der Waals surface area contributed by atoms with E-state index in [1.807, 2.05) is 0 Å². The first kappa shape index (κ1) is 30.0. The summed E-state index contributed by atoms with van der Waals surface area (Å²) >= 11 is 0. The van der Waals surface area contributed by atoms with Gasteiger partial charge in [0.1, 0.15) is 0 Å². The molecule has 0 saturated heterocycles. The fourth-order valence-corrected chi connectivity index (χ4v) is 6.36. The van der Waals surface area contributed by atoms with Gasteiger partial charge in [-0.05, 0) is 57.4 Å². The second kappa shape index (κ2) is 11.3. The normalized spacial score (nSPS) is 13.8. The van der Waals surface area contributed by atoms with Crippen molar-refractivity contribution in [2.45, 2.75) is 105 Å². The van der Waals surface area contributed by atoms with E-state index in [0.717, 1.165) is 17.0 Å². The Morgan fingerprint density at radius 2 is 1.18 bits per heavy atom. The molecular weight excluding hydrogens is 477 g/mol. The van der Waals surface area contributed by atoms with Gasteiger partial charge in [0.05, 0.1) is 11.4 Å². The maximum Gasteiger partial charge on any atom is 0.0784 e. The zero-order chi connectivity index (χ0) is 28.5. The van der Waals surface area contributed by atoms with Crippen LogP contribution < -0.4 is 5.30 Å². The molecular formula is C36H48NP. The summed E-state index contributed by atoms with van der Waals surface area (Å²) in [5.41, 5.74) is 9.00. The molecule has 3 rings (SSSR count). The van der Waals surface area contributed by atoms with Crippen LogP contribution in [0.4, 0.5) is 5.69 Å². The van der Waals surface area contributed by atoms with E-state index in [1.54, 1.807) is 0 Å². The molecule has 3 aromatic carbocycles. The van der Waals surface area contributed by atoms with Crippen molar-refractivity contribution in [1.29, 1.82) is 0 Å². The molecule has 0 fully saturated rings. The number of benzene rings is 3. The van der Waals surface area contributed by atoms with Crippen LogP contribution in [0.15, 0.2) is 71.7 Å². The summed E-state index contributed by atoms with van der Waals surface area (Å²) in [6, 6.07) is 24.2. The van der Waals surface area contributed by atoms with Crippen LogP contribution in [0.25, 0.3) is 0 Å². The third-order valence-corrected chi connectivity index (χ3v) is 8.31. The van der Waals surface area contributed by atoms with Crippen molar-refractivity contribution < 1.29 is 0 Å². The monoisotopic (exact) mass is 525 g/mol. The van der Waals surface area contributed by atoms with Gasteiger partial charge in [0.15, 0.2) is 0 Å². The molecule has 2 heteroatoms. The quantitative estimate of drug-likeness (QED) is 0.232. The molecule has 3 aromatic rings. The smallest absolute Gasteiger partial charge is 0.0784 e. The van der Waals surface area contributed by atoms with E-state index in [-0.39, 0.29) is 16.2 Å². The molecule has 0 atom stereocenters. The third-order valence-electron chi connectivity index (χ3n) is 7.05. The average Bonchev–Trinajstić information content (AvgIpc) is 2.81. The van der Waals surface area contributed by atoms with Crippen LogP contribution in [-0.4, -0.2) is 11.0 Å². The lowest BCUT2D eigenvalue weighted by molar-refractivity contribution is 0.554. The van der Waals surface area contributed by atoms with Gasteiger partial charge >= 0.3 is 0 Å². The SMILES string of the molecule is CC(=Pc1c(C(C)(C)C)cc(C(C)(C)C)cc1C(C)(C)C)C(=Nc1ccccc1C(C)C)c1ccccc1. The largest absolute Gasteiger partial charge is 0.247 e. The lowest BCUT2D eigenvalue weighted by Gasteiger charge is -2.32. The van der Waals surface area contributed by atoms with E-state index in [4.69, 9.17) is 4.99 Å². The Morgan fingerprint density at radius 3 is 1.66 bits per heavy atom. The first-order valence-electron chi connectivity index (χ1n) is 14.0. The van der Waals surface area contributed by atoms with Crippen molar-refractivity contribution in [3.63, 3.8) is 0 Å². The third kappa shape index (κ3) is 7.12. The molecule has 0 amide bonds. The highest BCUT2D eigenvalue weighted by molar-refractivity contribution is 7.52. The molecule has 0 aliphatic rings. The van der Waals surface area contributed by atoms with Gasteiger partial charge in [-0.15, -0.1) is 0 Å². The number of para-hydroxylation sites is 1. The molecule has 0 unspecified atom stereocenters. The van der Waals surface area contributed by atoms with Gasteiger partial charge in [0, 0.05) is 16.2 Å². The fraction of sp³-hybridized carbons (Fsp3) is 0.444. The molecule has 1 nitrogen and oxygen atoms in total. The Hall–Kier alpha value is -2.50. The van der Waals surface area contributed by atoms with Crippen LogP contribution in [0.5, 0.6) is 0 Å². The Bertz CT molecular complexity index is 1290. The van der Waals surface area contributed by atoms with Crippen LogP contribution >= 0.6 is 8.20 Å². The Balaban J connectivity index is 2.38. The summed E-state index contributed by atoms with van der Waals surface area (Å²) < 4.78 is 0. The van der Waals surface area contributed by atoms with Gasteiger partial charge in [-0.1, -0.05) is 145 Å². The van der Waals surface area contributed by atoms with Crippen LogP contribution in [0.3, 0.4) is 0 Å². The van der Waals surface area contributed by atoms with E-state index in [0.29, 0.717) is 5.92 Å². The van der Waals surface area contributed by atoms with Crippen LogP contribution in [0, 0.1) is 0 Å². The molecule has 0 N–H and O–H groups in total. The van der Waals surface area contributed by atoms with Crippen molar-refractivity contribution in [2.24, 2.45) is 4.99 Å². The van der Waals surface area contributed by atoms with Gasteiger partial charge in [-0.2, -0.15) is 0 Å². The molecule has 0 radical (unpaired) electrons. The van der Waals surface area contributed by atoms with Crippen molar-refractivity contribution >= 4 is 30.2 Å². The van der Waals surface area contributed by atoms with Crippen LogP contribution in [-0.2, 0) is 16.2 Å². The Labute approximate surface area is 234 Å².